The number of nitriles is 1. The predicted octanol–water partition coefficient (Wildman–Crippen LogP) is 2.84. The van der Waals surface area contributed by atoms with Gasteiger partial charge in [0.25, 0.3) is 0 Å². The molecule has 1 heterocycles. The smallest absolute Gasteiger partial charge is 0.0683 e. The summed E-state index contributed by atoms with van der Waals surface area (Å²) in [7, 11) is 2.10. The Balaban J connectivity index is 2.27. The van der Waals surface area contributed by atoms with Crippen LogP contribution < -0.4 is 0 Å². The Morgan fingerprint density at radius 2 is 2.24 bits per heavy atom. The molecule has 0 aromatic carbocycles. The Hall–Kier alpha value is -1.40. The highest BCUT2D eigenvalue weighted by atomic mass is 15.1. The van der Waals surface area contributed by atoms with Crippen molar-refractivity contribution in [2.24, 2.45) is 5.41 Å². The van der Waals surface area contributed by atoms with E-state index in [0.29, 0.717) is 0 Å². The van der Waals surface area contributed by atoms with Crippen molar-refractivity contribution in [3.8, 4) is 6.07 Å². The fourth-order valence-electron chi connectivity index (χ4n) is 1.73. The van der Waals surface area contributed by atoms with Crippen LogP contribution in [0.4, 0.5) is 0 Å². The van der Waals surface area contributed by atoms with Crippen LogP contribution in [0.1, 0.15) is 32.3 Å². The maximum Gasteiger partial charge on any atom is 0.0683 e. The first-order valence-electron chi connectivity index (χ1n) is 6.02. The van der Waals surface area contributed by atoms with Crippen molar-refractivity contribution in [1.29, 1.82) is 5.26 Å². The highest BCUT2D eigenvalue weighted by Gasteiger charge is 2.15. The summed E-state index contributed by atoms with van der Waals surface area (Å²) >= 11 is 0. The van der Waals surface area contributed by atoms with Gasteiger partial charge in [0, 0.05) is 18.9 Å². The third-order valence-corrected chi connectivity index (χ3v) is 2.82. The molecule has 92 valence electrons. The van der Waals surface area contributed by atoms with Crippen molar-refractivity contribution < 1.29 is 0 Å². The summed E-state index contributed by atoms with van der Waals surface area (Å²) in [4.78, 5) is 6.37. The summed E-state index contributed by atoms with van der Waals surface area (Å²) in [5, 5.41) is 8.92. The second-order valence-electron chi connectivity index (χ2n) is 5.20. The maximum atomic E-state index is 8.92. The lowest BCUT2D eigenvalue weighted by Crippen LogP contribution is -2.21. The van der Waals surface area contributed by atoms with Crippen LogP contribution in [0.5, 0.6) is 0 Å². The Kier molecular flexibility index (Phi) is 5.11. The van der Waals surface area contributed by atoms with E-state index in [2.05, 4.69) is 29.1 Å². The summed E-state index contributed by atoms with van der Waals surface area (Å²) in [6, 6.07) is 6.38. The number of hydrogen-bond donors (Lipinski definition) is 0. The van der Waals surface area contributed by atoms with E-state index in [1.54, 1.807) is 6.20 Å². The van der Waals surface area contributed by atoms with Gasteiger partial charge in [0.05, 0.1) is 11.5 Å². The summed E-state index contributed by atoms with van der Waals surface area (Å²) in [6.07, 6.45) is 5.69. The predicted molar refractivity (Wildman–Crippen MR) is 69.2 cm³/mol. The Morgan fingerprint density at radius 3 is 2.82 bits per heavy atom. The first-order chi connectivity index (χ1) is 8.03. The summed E-state index contributed by atoms with van der Waals surface area (Å²) in [5.41, 5.74) is 1.03. The van der Waals surface area contributed by atoms with E-state index in [0.717, 1.165) is 25.9 Å². The van der Waals surface area contributed by atoms with Gasteiger partial charge in [-0.1, -0.05) is 6.07 Å². The Morgan fingerprint density at radius 1 is 1.47 bits per heavy atom. The third-order valence-electron chi connectivity index (χ3n) is 2.82. The summed E-state index contributed by atoms with van der Waals surface area (Å²) in [6.45, 7) is 5.92. The molecular weight excluding hydrogens is 210 g/mol. The van der Waals surface area contributed by atoms with Gasteiger partial charge in [-0.3, -0.25) is 4.98 Å². The molecule has 0 N–H and O–H groups in total. The average Bonchev–Trinajstić information content (AvgIpc) is 2.30. The van der Waals surface area contributed by atoms with Gasteiger partial charge in [0.1, 0.15) is 0 Å². The lowest BCUT2D eigenvalue weighted by atomic mass is 9.90. The molecule has 0 saturated heterocycles. The van der Waals surface area contributed by atoms with Gasteiger partial charge in [0.15, 0.2) is 0 Å². The van der Waals surface area contributed by atoms with Crippen molar-refractivity contribution in [2.45, 2.75) is 33.2 Å². The Bertz CT molecular complexity index is 365. The zero-order chi connectivity index (χ0) is 12.7. The fraction of sp³-hybridized carbons (Fsp3) is 0.571. The number of pyridine rings is 1. The topological polar surface area (TPSA) is 39.9 Å². The van der Waals surface area contributed by atoms with Crippen LogP contribution in [0, 0.1) is 16.7 Å². The minimum atomic E-state index is -0.199. The monoisotopic (exact) mass is 231 g/mol. The molecule has 0 aliphatic rings. The second-order valence-corrected chi connectivity index (χ2v) is 5.20. The molecule has 0 amide bonds. The van der Waals surface area contributed by atoms with E-state index < -0.39 is 0 Å². The average molecular weight is 231 g/mol. The van der Waals surface area contributed by atoms with Crippen LogP contribution in [0.3, 0.4) is 0 Å². The Labute approximate surface area is 104 Å². The molecule has 17 heavy (non-hydrogen) atoms. The summed E-state index contributed by atoms with van der Waals surface area (Å²) < 4.78 is 0. The van der Waals surface area contributed by atoms with Crippen LogP contribution in [-0.2, 0) is 6.54 Å². The second kappa shape index (κ2) is 6.36. The molecule has 0 spiro atoms. The van der Waals surface area contributed by atoms with Crippen molar-refractivity contribution in [2.75, 3.05) is 13.6 Å². The van der Waals surface area contributed by atoms with Gasteiger partial charge < -0.3 is 4.90 Å². The largest absolute Gasteiger partial charge is 0.302 e. The SMILES string of the molecule is CN(CCCC(C)(C)C#N)Cc1cccnc1. The normalized spacial score (nSPS) is 11.5. The van der Waals surface area contributed by atoms with E-state index in [1.165, 1.54) is 5.56 Å². The molecule has 0 radical (unpaired) electrons. The molecule has 0 unspecified atom stereocenters. The number of hydrogen-bond acceptors (Lipinski definition) is 3. The van der Waals surface area contributed by atoms with Crippen LogP contribution >= 0.6 is 0 Å². The lowest BCUT2D eigenvalue weighted by molar-refractivity contribution is 0.297. The third kappa shape index (κ3) is 5.46. The zero-order valence-corrected chi connectivity index (χ0v) is 11.0. The minimum Gasteiger partial charge on any atom is -0.302 e. The number of aromatic nitrogens is 1. The van der Waals surface area contributed by atoms with Gasteiger partial charge in [-0.05, 0) is 51.9 Å². The number of rotatable bonds is 6. The standard InChI is InChI=1S/C14H21N3/c1-14(2,12-15)7-5-9-17(3)11-13-6-4-8-16-10-13/h4,6,8,10H,5,7,9,11H2,1-3H3. The molecule has 0 bridgehead atoms. The molecule has 0 fully saturated rings. The van der Waals surface area contributed by atoms with Gasteiger partial charge in [0.2, 0.25) is 0 Å². The molecular formula is C14H21N3. The van der Waals surface area contributed by atoms with E-state index in [9.17, 15) is 0 Å². The quantitative estimate of drug-likeness (QED) is 0.755. The molecule has 1 aromatic heterocycles. The molecule has 0 atom stereocenters. The van der Waals surface area contributed by atoms with Gasteiger partial charge in [-0.2, -0.15) is 5.26 Å². The highest BCUT2D eigenvalue weighted by Crippen LogP contribution is 2.20. The van der Waals surface area contributed by atoms with Crippen LogP contribution in [0.15, 0.2) is 24.5 Å². The van der Waals surface area contributed by atoms with Gasteiger partial charge in [-0.15, -0.1) is 0 Å². The van der Waals surface area contributed by atoms with Crippen molar-refractivity contribution in [3.05, 3.63) is 30.1 Å². The number of nitrogens with zero attached hydrogens (tertiary/aromatic N) is 3. The molecule has 3 heteroatoms. The maximum absolute atomic E-state index is 8.92. The molecule has 1 aromatic rings. The molecule has 1 rings (SSSR count). The van der Waals surface area contributed by atoms with E-state index >= 15 is 0 Å². The molecule has 3 nitrogen and oxygen atoms in total. The summed E-state index contributed by atoms with van der Waals surface area (Å²) in [5.74, 6) is 0. The van der Waals surface area contributed by atoms with E-state index in [1.807, 2.05) is 26.1 Å². The zero-order valence-electron chi connectivity index (χ0n) is 11.0. The van der Waals surface area contributed by atoms with E-state index in [-0.39, 0.29) is 5.41 Å². The van der Waals surface area contributed by atoms with E-state index in [4.69, 9.17) is 5.26 Å². The first-order valence-corrected chi connectivity index (χ1v) is 6.02. The van der Waals surface area contributed by atoms with Crippen LogP contribution in [0.2, 0.25) is 0 Å². The van der Waals surface area contributed by atoms with Gasteiger partial charge >= 0.3 is 0 Å². The minimum absolute atomic E-state index is 0.199. The molecule has 0 aliphatic heterocycles. The van der Waals surface area contributed by atoms with Crippen molar-refractivity contribution in [3.63, 3.8) is 0 Å². The fourth-order valence-corrected chi connectivity index (χ4v) is 1.73. The highest BCUT2D eigenvalue weighted by molar-refractivity contribution is 5.07. The molecule has 0 saturated carbocycles. The van der Waals surface area contributed by atoms with Crippen LogP contribution in [0.25, 0.3) is 0 Å². The van der Waals surface area contributed by atoms with Crippen LogP contribution in [-0.4, -0.2) is 23.5 Å². The van der Waals surface area contributed by atoms with Crippen molar-refractivity contribution >= 4 is 0 Å². The first kappa shape index (κ1) is 13.7. The molecule has 0 aliphatic carbocycles. The van der Waals surface area contributed by atoms with Gasteiger partial charge in [-0.25, -0.2) is 0 Å². The van der Waals surface area contributed by atoms with Crippen molar-refractivity contribution in [1.82, 2.24) is 9.88 Å². The lowest BCUT2D eigenvalue weighted by Gasteiger charge is -2.19.